The number of aromatic nitrogens is 2. The molecule has 1 amide bonds. The van der Waals surface area contributed by atoms with Gasteiger partial charge in [-0.2, -0.15) is 5.10 Å². The minimum absolute atomic E-state index is 0.0837. The highest BCUT2D eigenvalue weighted by atomic mass is 79.9. The van der Waals surface area contributed by atoms with Gasteiger partial charge < -0.3 is 4.74 Å². The molecule has 1 aliphatic rings. The Labute approximate surface area is 139 Å². The van der Waals surface area contributed by atoms with Gasteiger partial charge in [0, 0.05) is 21.6 Å². The number of hydrogen-bond donors (Lipinski definition) is 0. The maximum atomic E-state index is 12.8. The molecule has 5 nitrogen and oxygen atoms in total. The molecule has 0 aliphatic carbocycles. The van der Waals surface area contributed by atoms with E-state index in [0.717, 1.165) is 14.5 Å². The lowest BCUT2D eigenvalue weighted by atomic mass is 10.1. The van der Waals surface area contributed by atoms with Crippen molar-refractivity contribution in [3.8, 4) is 5.75 Å². The molecule has 2 aromatic rings. The summed E-state index contributed by atoms with van der Waals surface area (Å²) in [6.07, 6.45) is 1.77. The average Bonchev–Trinajstić information content (AvgIpc) is 2.83. The first kappa shape index (κ1) is 14.6. The third-order valence-electron chi connectivity index (χ3n) is 3.38. The summed E-state index contributed by atoms with van der Waals surface area (Å²) in [5.74, 6) is 1.13. The average molecular weight is 415 g/mol. The van der Waals surface area contributed by atoms with Crippen LogP contribution >= 0.6 is 31.9 Å². The van der Waals surface area contributed by atoms with Crippen molar-refractivity contribution in [2.75, 3.05) is 18.1 Å². The highest BCUT2D eigenvalue weighted by Crippen LogP contribution is 2.32. The topological polar surface area (TPSA) is 47.4 Å². The maximum Gasteiger partial charge on any atom is 0.259 e. The summed E-state index contributed by atoms with van der Waals surface area (Å²) in [5.41, 5.74) is 1.67. The van der Waals surface area contributed by atoms with Crippen LogP contribution in [0.5, 0.6) is 5.75 Å². The summed E-state index contributed by atoms with van der Waals surface area (Å²) in [6.45, 7) is 2.94. The number of rotatable bonds is 1. The summed E-state index contributed by atoms with van der Waals surface area (Å²) in [6, 6.07) is 3.67. The van der Waals surface area contributed by atoms with Crippen molar-refractivity contribution in [1.82, 2.24) is 9.78 Å². The van der Waals surface area contributed by atoms with E-state index in [1.807, 2.05) is 26.1 Å². The van der Waals surface area contributed by atoms with Crippen LogP contribution in [0.1, 0.15) is 15.9 Å². The number of fused-ring (bicyclic) bond motifs is 1. The van der Waals surface area contributed by atoms with Crippen LogP contribution in [0.25, 0.3) is 0 Å². The first-order chi connectivity index (χ1) is 9.97. The second kappa shape index (κ2) is 5.46. The molecule has 0 fully saturated rings. The smallest absolute Gasteiger partial charge is 0.259 e. The van der Waals surface area contributed by atoms with Gasteiger partial charge in [-0.25, -0.2) is 0 Å². The molecular weight excluding hydrogens is 402 g/mol. The number of benzene rings is 1. The fourth-order valence-corrected chi connectivity index (χ4v) is 3.41. The van der Waals surface area contributed by atoms with E-state index in [9.17, 15) is 4.79 Å². The zero-order chi connectivity index (χ0) is 15.1. The molecule has 0 bridgehead atoms. The van der Waals surface area contributed by atoms with Gasteiger partial charge in [-0.15, -0.1) is 0 Å². The zero-order valence-electron chi connectivity index (χ0n) is 11.6. The molecule has 7 heteroatoms. The van der Waals surface area contributed by atoms with Crippen LogP contribution < -0.4 is 9.64 Å². The third kappa shape index (κ3) is 2.60. The number of hydrogen-bond acceptors (Lipinski definition) is 3. The van der Waals surface area contributed by atoms with Crippen molar-refractivity contribution < 1.29 is 9.53 Å². The molecule has 0 N–H and O–H groups in total. The highest BCUT2D eigenvalue weighted by molar-refractivity contribution is 9.11. The van der Waals surface area contributed by atoms with E-state index < -0.39 is 0 Å². The normalized spacial score (nSPS) is 13.8. The second-order valence-corrected chi connectivity index (χ2v) is 6.57. The number of halogens is 2. The monoisotopic (exact) mass is 413 g/mol. The van der Waals surface area contributed by atoms with Gasteiger partial charge in [-0.05, 0) is 24.6 Å². The SMILES string of the molecule is Cc1c(Br)cc(C(=O)N2CCOc3cn(C)nc32)cc1Br. The lowest BCUT2D eigenvalue weighted by molar-refractivity contribution is 0.0975. The van der Waals surface area contributed by atoms with Crippen LogP contribution in [-0.4, -0.2) is 28.8 Å². The molecule has 2 heterocycles. The molecule has 1 aliphatic heterocycles. The second-order valence-electron chi connectivity index (χ2n) is 4.86. The van der Waals surface area contributed by atoms with E-state index in [1.54, 1.807) is 15.8 Å². The van der Waals surface area contributed by atoms with Crippen LogP contribution in [0, 0.1) is 6.92 Å². The maximum absolute atomic E-state index is 12.8. The Balaban J connectivity index is 2.00. The van der Waals surface area contributed by atoms with Gasteiger partial charge in [-0.1, -0.05) is 31.9 Å². The lowest BCUT2D eigenvalue weighted by Gasteiger charge is -2.26. The van der Waals surface area contributed by atoms with Crippen molar-refractivity contribution in [2.24, 2.45) is 7.05 Å². The Bertz CT molecular complexity index is 704. The minimum atomic E-state index is -0.0837. The van der Waals surface area contributed by atoms with Crippen molar-refractivity contribution >= 4 is 43.6 Å². The van der Waals surface area contributed by atoms with Gasteiger partial charge in [0.15, 0.2) is 11.6 Å². The third-order valence-corrected chi connectivity index (χ3v) is 5.03. The van der Waals surface area contributed by atoms with Gasteiger partial charge in [0.25, 0.3) is 5.91 Å². The van der Waals surface area contributed by atoms with Crippen LogP contribution in [0.4, 0.5) is 5.82 Å². The number of carbonyl (C=O) groups excluding carboxylic acids is 1. The summed E-state index contributed by atoms with van der Waals surface area (Å²) >= 11 is 6.96. The number of nitrogens with zero attached hydrogens (tertiary/aromatic N) is 3. The van der Waals surface area contributed by atoms with Crippen LogP contribution in [0.15, 0.2) is 27.3 Å². The molecule has 0 unspecified atom stereocenters. The largest absolute Gasteiger partial charge is 0.486 e. The Morgan fingerprint density at radius 3 is 2.67 bits per heavy atom. The van der Waals surface area contributed by atoms with E-state index in [4.69, 9.17) is 4.74 Å². The van der Waals surface area contributed by atoms with E-state index in [1.165, 1.54) is 0 Å². The molecule has 21 heavy (non-hydrogen) atoms. The fraction of sp³-hybridized carbons (Fsp3) is 0.286. The Morgan fingerprint density at radius 2 is 2.00 bits per heavy atom. The van der Waals surface area contributed by atoms with E-state index >= 15 is 0 Å². The Kier molecular flexibility index (Phi) is 3.79. The van der Waals surface area contributed by atoms with Crippen molar-refractivity contribution in [2.45, 2.75) is 6.92 Å². The molecule has 0 saturated carbocycles. The van der Waals surface area contributed by atoms with Crippen LogP contribution in [0.3, 0.4) is 0 Å². The predicted molar refractivity (Wildman–Crippen MR) is 87.0 cm³/mol. The Morgan fingerprint density at radius 1 is 1.33 bits per heavy atom. The van der Waals surface area contributed by atoms with Crippen molar-refractivity contribution in [3.63, 3.8) is 0 Å². The Hall–Kier alpha value is -1.34. The molecule has 0 atom stereocenters. The summed E-state index contributed by atoms with van der Waals surface area (Å²) in [5, 5.41) is 4.31. The van der Waals surface area contributed by atoms with Gasteiger partial charge in [0.05, 0.1) is 12.7 Å². The van der Waals surface area contributed by atoms with Crippen LogP contribution in [0.2, 0.25) is 0 Å². The molecule has 3 rings (SSSR count). The molecule has 110 valence electrons. The minimum Gasteiger partial charge on any atom is -0.486 e. The number of ether oxygens (including phenoxy) is 1. The van der Waals surface area contributed by atoms with Crippen molar-refractivity contribution in [3.05, 3.63) is 38.4 Å². The fourth-order valence-electron chi connectivity index (χ4n) is 2.22. The first-order valence-corrected chi connectivity index (χ1v) is 8.00. The van der Waals surface area contributed by atoms with Gasteiger partial charge in [-0.3, -0.25) is 14.4 Å². The predicted octanol–water partition coefficient (Wildman–Crippen LogP) is 3.29. The lowest BCUT2D eigenvalue weighted by Crippen LogP contribution is -2.38. The number of carbonyl (C=O) groups is 1. The number of amides is 1. The summed E-state index contributed by atoms with van der Waals surface area (Å²) < 4.78 is 8.98. The molecule has 0 saturated heterocycles. The van der Waals surface area contributed by atoms with Gasteiger partial charge >= 0.3 is 0 Å². The summed E-state index contributed by atoms with van der Waals surface area (Å²) in [4.78, 5) is 14.4. The number of anilines is 1. The summed E-state index contributed by atoms with van der Waals surface area (Å²) in [7, 11) is 1.81. The molecular formula is C14H13Br2N3O2. The quantitative estimate of drug-likeness (QED) is 0.719. The highest BCUT2D eigenvalue weighted by Gasteiger charge is 2.28. The first-order valence-electron chi connectivity index (χ1n) is 6.41. The number of aryl methyl sites for hydroxylation is 1. The molecule has 1 aromatic carbocycles. The van der Waals surface area contributed by atoms with E-state index in [2.05, 4.69) is 37.0 Å². The zero-order valence-corrected chi connectivity index (χ0v) is 14.7. The van der Waals surface area contributed by atoms with E-state index in [0.29, 0.717) is 30.3 Å². The van der Waals surface area contributed by atoms with Crippen LogP contribution in [-0.2, 0) is 7.05 Å². The van der Waals surface area contributed by atoms with Gasteiger partial charge in [0.2, 0.25) is 0 Å². The molecule has 0 spiro atoms. The molecule has 1 aromatic heterocycles. The standard InChI is InChI=1S/C14H13Br2N3O2/c1-8-10(15)5-9(6-11(8)16)14(20)19-3-4-21-12-7-18(2)17-13(12)19/h5-7H,3-4H2,1-2H3. The van der Waals surface area contributed by atoms with Crippen molar-refractivity contribution in [1.29, 1.82) is 0 Å². The molecule has 0 radical (unpaired) electrons. The van der Waals surface area contributed by atoms with Gasteiger partial charge in [0.1, 0.15) is 6.61 Å². The van der Waals surface area contributed by atoms with E-state index in [-0.39, 0.29) is 5.91 Å².